The van der Waals surface area contributed by atoms with Gasteiger partial charge in [-0.25, -0.2) is 0 Å². The van der Waals surface area contributed by atoms with Gasteiger partial charge in [0, 0.05) is 13.1 Å². The Morgan fingerprint density at radius 1 is 1.13 bits per heavy atom. The highest BCUT2D eigenvalue weighted by atomic mass is 15.2. The monoisotopic (exact) mass is 211 g/mol. The lowest BCUT2D eigenvalue weighted by Gasteiger charge is -2.24. The fourth-order valence-electron chi connectivity index (χ4n) is 2.89. The molecule has 15 heavy (non-hydrogen) atoms. The first-order valence-electron chi connectivity index (χ1n) is 6.79. The molecule has 0 radical (unpaired) electrons. The van der Waals surface area contributed by atoms with E-state index >= 15 is 0 Å². The molecule has 1 heterocycles. The second-order valence-corrected chi connectivity index (χ2v) is 6.09. The fourth-order valence-corrected chi connectivity index (χ4v) is 2.89. The van der Waals surface area contributed by atoms with Crippen LogP contribution < -0.4 is 0 Å². The molecule has 0 aromatic rings. The largest absolute Gasteiger partial charge is 0.303 e. The Kier molecular flexibility index (Phi) is 5.11. The normalized spacial score (nSPS) is 21.4. The Morgan fingerprint density at radius 3 is 2.13 bits per heavy atom. The third kappa shape index (κ3) is 4.55. The lowest BCUT2D eigenvalue weighted by atomic mass is 9.93. The molecule has 0 bridgehead atoms. The molecule has 90 valence electrons. The number of hydrogen-bond acceptors (Lipinski definition) is 1. The summed E-state index contributed by atoms with van der Waals surface area (Å²) < 4.78 is 0. The molecule has 1 rings (SSSR count). The van der Waals surface area contributed by atoms with E-state index in [-0.39, 0.29) is 0 Å². The number of rotatable bonds is 6. The van der Waals surface area contributed by atoms with Crippen molar-refractivity contribution in [1.29, 1.82) is 0 Å². The van der Waals surface area contributed by atoms with Crippen LogP contribution in [0.2, 0.25) is 0 Å². The molecule has 1 fully saturated rings. The van der Waals surface area contributed by atoms with E-state index in [1.54, 1.807) is 0 Å². The van der Waals surface area contributed by atoms with Gasteiger partial charge in [-0.1, -0.05) is 40.5 Å². The van der Waals surface area contributed by atoms with Gasteiger partial charge in [-0.15, -0.1) is 0 Å². The number of nitrogens with zero attached hydrogens (tertiary/aromatic N) is 1. The molecule has 0 spiro atoms. The zero-order chi connectivity index (χ0) is 11.3. The van der Waals surface area contributed by atoms with Gasteiger partial charge < -0.3 is 4.90 Å². The summed E-state index contributed by atoms with van der Waals surface area (Å²) in [6.07, 6.45) is 6.93. The summed E-state index contributed by atoms with van der Waals surface area (Å²) in [5.41, 5.74) is 0.572. The molecule has 1 aliphatic rings. The zero-order valence-electron chi connectivity index (χ0n) is 11.2. The van der Waals surface area contributed by atoms with Crippen molar-refractivity contribution >= 4 is 0 Å². The quantitative estimate of drug-likeness (QED) is 0.643. The molecule has 0 unspecified atom stereocenters. The van der Waals surface area contributed by atoms with Crippen molar-refractivity contribution in [3.05, 3.63) is 0 Å². The standard InChI is InChI=1S/C14H29N/c1-5-7-13(8-6-2)11-15-10-9-14(3,4)12-15/h13H,5-12H2,1-4H3. The van der Waals surface area contributed by atoms with E-state index < -0.39 is 0 Å². The van der Waals surface area contributed by atoms with Gasteiger partial charge in [0.05, 0.1) is 0 Å². The van der Waals surface area contributed by atoms with Gasteiger partial charge in [-0.05, 0) is 37.1 Å². The molecule has 1 heteroatoms. The van der Waals surface area contributed by atoms with E-state index in [0.29, 0.717) is 5.41 Å². The first-order chi connectivity index (χ1) is 7.07. The van der Waals surface area contributed by atoms with Crippen molar-refractivity contribution in [3.8, 4) is 0 Å². The van der Waals surface area contributed by atoms with Crippen molar-refractivity contribution in [2.24, 2.45) is 11.3 Å². The van der Waals surface area contributed by atoms with Crippen LogP contribution in [-0.4, -0.2) is 24.5 Å². The first kappa shape index (κ1) is 13.0. The topological polar surface area (TPSA) is 3.24 Å². The summed E-state index contributed by atoms with van der Waals surface area (Å²) >= 11 is 0. The van der Waals surface area contributed by atoms with E-state index in [1.807, 2.05) is 0 Å². The molecule has 1 nitrogen and oxygen atoms in total. The summed E-state index contributed by atoms with van der Waals surface area (Å²) in [6, 6.07) is 0. The minimum atomic E-state index is 0.572. The van der Waals surface area contributed by atoms with Crippen molar-refractivity contribution in [2.75, 3.05) is 19.6 Å². The summed E-state index contributed by atoms with van der Waals surface area (Å²) in [4.78, 5) is 2.69. The predicted molar refractivity (Wildman–Crippen MR) is 68.1 cm³/mol. The predicted octanol–water partition coefficient (Wildman–Crippen LogP) is 3.93. The van der Waals surface area contributed by atoms with Crippen molar-refractivity contribution in [3.63, 3.8) is 0 Å². The fraction of sp³-hybridized carbons (Fsp3) is 1.00. The maximum atomic E-state index is 2.69. The van der Waals surface area contributed by atoms with Crippen molar-refractivity contribution < 1.29 is 0 Å². The lowest BCUT2D eigenvalue weighted by molar-refractivity contribution is 0.234. The van der Waals surface area contributed by atoms with Gasteiger partial charge in [-0.2, -0.15) is 0 Å². The minimum absolute atomic E-state index is 0.572. The molecule has 0 N–H and O–H groups in total. The third-order valence-electron chi connectivity index (χ3n) is 3.67. The van der Waals surface area contributed by atoms with Crippen molar-refractivity contribution in [1.82, 2.24) is 4.90 Å². The Balaban J connectivity index is 2.32. The maximum absolute atomic E-state index is 2.69. The minimum Gasteiger partial charge on any atom is -0.303 e. The van der Waals surface area contributed by atoms with Crippen LogP contribution in [0.4, 0.5) is 0 Å². The number of hydrogen-bond donors (Lipinski definition) is 0. The Morgan fingerprint density at radius 2 is 1.73 bits per heavy atom. The third-order valence-corrected chi connectivity index (χ3v) is 3.67. The summed E-state index contributed by atoms with van der Waals surface area (Å²) in [6.45, 7) is 13.4. The first-order valence-corrected chi connectivity index (χ1v) is 6.79. The molecule has 0 atom stereocenters. The molecular weight excluding hydrogens is 182 g/mol. The Bertz CT molecular complexity index is 168. The van der Waals surface area contributed by atoms with Gasteiger partial charge in [0.25, 0.3) is 0 Å². The highest BCUT2D eigenvalue weighted by molar-refractivity contribution is 4.83. The van der Waals surface area contributed by atoms with Crippen LogP contribution in [0.15, 0.2) is 0 Å². The summed E-state index contributed by atoms with van der Waals surface area (Å²) in [7, 11) is 0. The number of likely N-dealkylation sites (tertiary alicyclic amines) is 1. The molecule has 0 aromatic carbocycles. The molecular formula is C14H29N. The summed E-state index contributed by atoms with van der Waals surface area (Å²) in [5.74, 6) is 0.953. The second-order valence-electron chi connectivity index (χ2n) is 6.09. The summed E-state index contributed by atoms with van der Waals surface area (Å²) in [5, 5.41) is 0. The van der Waals surface area contributed by atoms with Crippen LogP contribution in [0.5, 0.6) is 0 Å². The lowest BCUT2D eigenvalue weighted by Crippen LogP contribution is -2.29. The van der Waals surface area contributed by atoms with E-state index in [0.717, 1.165) is 5.92 Å². The molecule has 1 aliphatic heterocycles. The zero-order valence-corrected chi connectivity index (χ0v) is 11.2. The smallest absolute Gasteiger partial charge is 0.00333 e. The second kappa shape index (κ2) is 5.89. The Labute approximate surface area is 96.2 Å². The van der Waals surface area contributed by atoms with E-state index in [1.165, 1.54) is 51.7 Å². The van der Waals surface area contributed by atoms with Crippen LogP contribution in [-0.2, 0) is 0 Å². The van der Waals surface area contributed by atoms with E-state index in [4.69, 9.17) is 0 Å². The van der Waals surface area contributed by atoms with Gasteiger partial charge in [-0.3, -0.25) is 0 Å². The van der Waals surface area contributed by atoms with E-state index in [9.17, 15) is 0 Å². The average molecular weight is 211 g/mol. The van der Waals surface area contributed by atoms with E-state index in [2.05, 4.69) is 32.6 Å². The average Bonchev–Trinajstić information content (AvgIpc) is 2.46. The maximum Gasteiger partial charge on any atom is 0.00333 e. The van der Waals surface area contributed by atoms with Gasteiger partial charge in [0.1, 0.15) is 0 Å². The Hall–Kier alpha value is -0.0400. The molecule has 0 aliphatic carbocycles. The van der Waals surface area contributed by atoms with Crippen molar-refractivity contribution in [2.45, 2.75) is 59.8 Å². The SMILES string of the molecule is CCCC(CCC)CN1CCC(C)(C)C1. The highest BCUT2D eigenvalue weighted by Crippen LogP contribution is 2.30. The highest BCUT2D eigenvalue weighted by Gasteiger charge is 2.29. The van der Waals surface area contributed by atoms with Gasteiger partial charge >= 0.3 is 0 Å². The molecule has 0 saturated carbocycles. The van der Waals surface area contributed by atoms with Gasteiger partial charge in [0.15, 0.2) is 0 Å². The van der Waals surface area contributed by atoms with Gasteiger partial charge in [0.2, 0.25) is 0 Å². The molecule has 0 amide bonds. The molecule has 0 aromatic heterocycles. The van der Waals surface area contributed by atoms with Crippen LogP contribution in [0.25, 0.3) is 0 Å². The van der Waals surface area contributed by atoms with Crippen LogP contribution in [0, 0.1) is 11.3 Å². The van der Waals surface area contributed by atoms with Crippen LogP contribution in [0.1, 0.15) is 59.8 Å². The van der Waals surface area contributed by atoms with Crippen LogP contribution in [0.3, 0.4) is 0 Å². The van der Waals surface area contributed by atoms with Crippen LogP contribution >= 0.6 is 0 Å². The molecule has 1 saturated heterocycles.